The molecule has 18 heavy (non-hydrogen) atoms. The Morgan fingerprint density at radius 1 is 1.39 bits per heavy atom. The normalized spacial score (nSPS) is 9.67. The predicted molar refractivity (Wildman–Crippen MR) is 66.4 cm³/mol. The van der Waals surface area contributed by atoms with Crippen molar-refractivity contribution in [2.75, 3.05) is 26.5 Å². The van der Waals surface area contributed by atoms with Crippen molar-refractivity contribution in [2.24, 2.45) is 0 Å². The molecule has 0 radical (unpaired) electrons. The van der Waals surface area contributed by atoms with Crippen molar-refractivity contribution in [1.82, 2.24) is 5.32 Å². The number of hydrogen-bond acceptors (Lipinski definition) is 5. The molecule has 1 aromatic rings. The van der Waals surface area contributed by atoms with E-state index in [1.165, 1.54) is 14.2 Å². The van der Waals surface area contributed by atoms with E-state index in [-0.39, 0.29) is 30.2 Å². The summed E-state index contributed by atoms with van der Waals surface area (Å²) in [6, 6.07) is 4.81. The Hall–Kier alpha value is -2.24. The molecular weight excluding hydrogens is 236 g/mol. The topological polar surface area (TPSA) is 90.7 Å². The third-order valence-corrected chi connectivity index (χ3v) is 2.31. The van der Waals surface area contributed by atoms with Gasteiger partial charge in [-0.05, 0) is 12.1 Å². The largest absolute Gasteiger partial charge is 0.494 e. The molecule has 0 fully saturated rings. The van der Waals surface area contributed by atoms with Gasteiger partial charge in [0.15, 0.2) is 5.75 Å². The first-order valence-electron chi connectivity index (χ1n) is 5.40. The van der Waals surface area contributed by atoms with E-state index in [1.54, 1.807) is 18.2 Å². The van der Waals surface area contributed by atoms with Gasteiger partial charge in [0.05, 0.1) is 19.2 Å². The standard InChI is InChI=1S/C12H16N2O4/c1-14-10(15)6-7-18-12(16)8-4-3-5-9(13)11(8)17-2/h3-5H,6-7,13H2,1-2H3,(H,14,15). The lowest BCUT2D eigenvalue weighted by molar-refractivity contribution is -0.121. The highest BCUT2D eigenvalue weighted by molar-refractivity contribution is 5.94. The van der Waals surface area contributed by atoms with Crippen LogP contribution in [0.4, 0.5) is 5.69 Å². The monoisotopic (exact) mass is 252 g/mol. The van der Waals surface area contributed by atoms with Crippen LogP contribution >= 0.6 is 0 Å². The summed E-state index contributed by atoms with van der Waals surface area (Å²) in [7, 11) is 2.94. The number of nitrogens with one attached hydrogen (secondary N) is 1. The van der Waals surface area contributed by atoms with Crippen LogP contribution < -0.4 is 15.8 Å². The Morgan fingerprint density at radius 3 is 2.72 bits per heavy atom. The fourth-order valence-corrected chi connectivity index (χ4v) is 1.38. The fourth-order valence-electron chi connectivity index (χ4n) is 1.38. The van der Waals surface area contributed by atoms with Crippen LogP contribution in [-0.4, -0.2) is 32.6 Å². The van der Waals surface area contributed by atoms with E-state index in [4.69, 9.17) is 15.2 Å². The second-order valence-electron chi connectivity index (χ2n) is 3.49. The number of nitrogen functional groups attached to an aromatic ring is 1. The van der Waals surface area contributed by atoms with Gasteiger partial charge >= 0.3 is 5.97 Å². The first-order valence-corrected chi connectivity index (χ1v) is 5.40. The van der Waals surface area contributed by atoms with Crippen LogP contribution in [0.3, 0.4) is 0 Å². The Morgan fingerprint density at radius 2 is 2.11 bits per heavy atom. The van der Waals surface area contributed by atoms with E-state index in [0.29, 0.717) is 5.69 Å². The van der Waals surface area contributed by atoms with E-state index >= 15 is 0 Å². The van der Waals surface area contributed by atoms with Crippen LogP contribution in [0.1, 0.15) is 16.8 Å². The number of para-hydroxylation sites is 1. The van der Waals surface area contributed by atoms with Gasteiger partial charge < -0.3 is 20.5 Å². The zero-order chi connectivity index (χ0) is 13.5. The Balaban J connectivity index is 2.67. The average molecular weight is 252 g/mol. The number of ether oxygens (including phenoxy) is 2. The number of anilines is 1. The maximum absolute atomic E-state index is 11.8. The maximum Gasteiger partial charge on any atom is 0.342 e. The molecule has 0 aliphatic heterocycles. The van der Waals surface area contributed by atoms with Crippen LogP contribution in [-0.2, 0) is 9.53 Å². The Bertz CT molecular complexity index is 446. The zero-order valence-electron chi connectivity index (χ0n) is 10.4. The van der Waals surface area contributed by atoms with E-state index in [2.05, 4.69) is 5.32 Å². The van der Waals surface area contributed by atoms with Gasteiger partial charge in [0.2, 0.25) is 5.91 Å². The van der Waals surface area contributed by atoms with Crippen molar-refractivity contribution in [3.63, 3.8) is 0 Å². The molecule has 3 N–H and O–H groups in total. The summed E-state index contributed by atoms with van der Waals surface area (Å²) in [6.07, 6.45) is 0.118. The highest BCUT2D eigenvalue weighted by atomic mass is 16.5. The van der Waals surface area contributed by atoms with Crippen molar-refractivity contribution in [2.45, 2.75) is 6.42 Å². The zero-order valence-corrected chi connectivity index (χ0v) is 10.4. The summed E-state index contributed by atoms with van der Waals surface area (Å²) in [5, 5.41) is 2.44. The van der Waals surface area contributed by atoms with Gasteiger partial charge in [0.25, 0.3) is 0 Å². The van der Waals surface area contributed by atoms with Gasteiger partial charge in [0.1, 0.15) is 12.2 Å². The van der Waals surface area contributed by atoms with E-state index < -0.39 is 5.97 Å². The second kappa shape index (κ2) is 6.48. The molecule has 1 rings (SSSR count). The van der Waals surface area contributed by atoms with Crippen LogP contribution in [0.2, 0.25) is 0 Å². The average Bonchev–Trinajstić information content (AvgIpc) is 2.37. The van der Waals surface area contributed by atoms with Crippen molar-refractivity contribution < 1.29 is 19.1 Å². The van der Waals surface area contributed by atoms with Gasteiger partial charge in [-0.15, -0.1) is 0 Å². The summed E-state index contributed by atoms with van der Waals surface area (Å²) < 4.78 is 10.0. The molecular formula is C12H16N2O4. The van der Waals surface area contributed by atoms with Crippen LogP contribution in [0.5, 0.6) is 5.75 Å². The molecule has 1 amide bonds. The number of carbonyl (C=O) groups is 2. The second-order valence-corrected chi connectivity index (χ2v) is 3.49. The van der Waals surface area contributed by atoms with Gasteiger partial charge in [-0.3, -0.25) is 4.79 Å². The maximum atomic E-state index is 11.8. The molecule has 0 aromatic heterocycles. The number of esters is 1. The molecule has 6 nitrogen and oxygen atoms in total. The third kappa shape index (κ3) is 3.38. The molecule has 0 saturated carbocycles. The molecule has 98 valence electrons. The number of benzene rings is 1. The molecule has 0 unspecified atom stereocenters. The summed E-state index contributed by atoms with van der Waals surface area (Å²) in [5.41, 5.74) is 6.28. The molecule has 0 spiro atoms. The third-order valence-electron chi connectivity index (χ3n) is 2.31. The molecule has 0 saturated heterocycles. The molecule has 0 heterocycles. The molecule has 0 bridgehead atoms. The van der Waals surface area contributed by atoms with Crippen LogP contribution in [0.15, 0.2) is 18.2 Å². The van der Waals surface area contributed by atoms with Gasteiger partial charge in [-0.25, -0.2) is 4.79 Å². The minimum atomic E-state index is -0.567. The molecule has 6 heteroatoms. The molecule has 0 aliphatic carbocycles. The van der Waals surface area contributed by atoms with E-state index in [0.717, 1.165) is 0 Å². The lowest BCUT2D eigenvalue weighted by atomic mass is 10.2. The number of carbonyl (C=O) groups excluding carboxylic acids is 2. The van der Waals surface area contributed by atoms with Crippen molar-refractivity contribution >= 4 is 17.6 Å². The minimum absolute atomic E-state index is 0.0104. The summed E-state index contributed by atoms with van der Waals surface area (Å²) >= 11 is 0. The molecule has 0 aliphatic rings. The van der Waals surface area contributed by atoms with Gasteiger partial charge in [-0.1, -0.05) is 6.07 Å². The van der Waals surface area contributed by atoms with Crippen molar-refractivity contribution in [3.8, 4) is 5.75 Å². The molecule has 1 aromatic carbocycles. The predicted octanol–water partition coefficient (Wildman–Crippen LogP) is 0.570. The lowest BCUT2D eigenvalue weighted by Gasteiger charge is -2.10. The quantitative estimate of drug-likeness (QED) is 0.590. The lowest BCUT2D eigenvalue weighted by Crippen LogP contribution is -2.20. The van der Waals surface area contributed by atoms with Crippen molar-refractivity contribution in [1.29, 1.82) is 0 Å². The summed E-state index contributed by atoms with van der Waals surface area (Å²) in [4.78, 5) is 22.7. The molecule has 0 atom stereocenters. The van der Waals surface area contributed by atoms with Gasteiger partial charge in [-0.2, -0.15) is 0 Å². The number of rotatable bonds is 5. The number of methoxy groups -OCH3 is 1. The highest BCUT2D eigenvalue weighted by Crippen LogP contribution is 2.26. The summed E-state index contributed by atoms with van der Waals surface area (Å²) in [5.74, 6) is -0.479. The number of amides is 1. The minimum Gasteiger partial charge on any atom is -0.494 e. The summed E-state index contributed by atoms with van der Waals surface area (Å²) in [6.45, 7) is 0.0104. The Kier molecular flexibility index (Phi) is 4.98. The Labute approximate surface area is 105 Å². The number of hydrogen-bond donors (Lipinski definition) is 2. The number of nitrogens with two attached hydrogens (primary N) is 1. The first-order chi connectivity index (χ1) is 8.60. The van der Waals surface area contributed by atoms with Crippen molar-refractivity contribution in [3.05, 3.63) is 23.8 Å². The SMILES string of the molecule is CNC(=O)CCOC(=O)c1cccc(N)c1OC. The van der Waals surface area contributed by atoms with Crippen LogP contribution in [0, 0.1) is 0 Å². The fraction of sp³-hybridized carbons (Fsp3) is 0.333. The smallest absolute Gasteiger partial charge is 0.342 e. The van der Waals surface area contributed by atoms with Crippen LogP contribution in [0.25, 0.3) is 0 Å². The van der Waals surface area contributed by atoms with E-state index in [1.807, 2.05) is 0 Å². The first kappa shape index (κ1) is 13.8. The highest BCUT2D eigenvalue weighted by Gasteiger charge is 2.15. The van der Waals surface area contributed by atoms with E-state index in [9.17, 15) is 9.59 Å². The van der Waals surface area contributed by atoms with Gasteiger partial charge in [0, 0.05) is 7.05 Å².